The smallest absolute Gasteiger partial charge is 0.251 e. The van der Waals surface area contributed by atoms with Crippen LogP contribution in [0.4, 0.5) is 0 Å². The van der Waals surface area contributed by atoms with Crippen LogP contribution in [0.25, 0.3) is 67.0 Å². The Hall–Kier alpha value is -6.59. The first-order valence-corrected chi connectivity index (χ1v) is 15.8. The quantitative estimate of drug-likeness (QED) is 0.187. The van der Waals surface area contributed by atoms with Crippen LogP contribution in [-0.2, 0) is 0 Å². The van der Waals surface area contributed by atoms with Crippen LogP contribution in [0.15, 0.2) is 186 Å². The topological polar surface area (TPSA) is 56.4 Å². The van der Waals surface area contributed by atoms with E-state index in [1.54, 1.807) is 12.3 Å². The standard InChI is InChI=1S/C43H29N3O2/c47-42-44-41-40(37-23-11-20-34(26-37)31-15-6-2-7-16-31)28-38(35-21-10-19-33(25-35)30-13-4-1-5-14-30)29-45(41)43(48)46(42)39-24-12-22-36(27-39)32-17-8-3-9-18-32/h1-29H. The highest BCUT2D eigenvalue weighted by molar-refractivity contribution is 5.85. The van der Waals surface area contributed by atoms with Crippen LogP contribution in [0.3, 0.4) is 0 Å². The van der Waals surface area contributed by atoms with Crippen molar-refractivity contribution in [2.75, 3.05) is 0 Å². The van der Waals surface area contributed by atoms with Gasteiger partial charge in [-0.25, -0.2) is 14.2 Å². The first-order chi connectivity index (χ1) is 23.6. The van der Waals surface area contributed by atoms with Crippen molar-refractivity contribution in [3.05, 3.63) is 197 Å². The fraction of sp³-hybridized carbons (Fsp3) is 0. The van der Waals surface area contributed by atoms with Crippen LogP contribution < -0.4 is 11.4 Å². The Bertz CT molecular complexity index is 2540. The Morgan fingerprint density at radius 2 is 0.833 bits per heavy atom. The van der Waals surface area contributed by atoms with Crippen molar-refractivity contribution in [3.63, 3.8) is 0 Å². The lowest BCUT2D eigenvalue weighted by atomic mass is 9.96. The van der Waals surface area contributed by atoms with Crippen molar-refractivity contribution in [1.82, 2.24) is 14.0 Å². The Kier molecular flexibility index (Phi) is 7.40. The molecular formula is C43H29N3O2. The summed E-state index contributed by atoms with van der Waals surface area (Å²) in [5.74, 6) is 0. The zero-order chi connectivity index (χ0) is 32.5. The van der Waals surface area contributed by atoms with E-state index in [0.29, 0.717) is 16.9 Å². The summed E-state index contributed by atoms with van der Waals surface area (Å²) in [6, 6.07) is 56.0. The molecule has 8 rings (SSSR count). The van der Waals surface area contributed by atoms with Crippen LogP contribution in [-0.4, -0.2) is 14.0 Å². The maximum Gasteiger partial charge on any atom is 0.358 e. The number of nitrogens with zero attached hydrogens (tertiary/aromatic N) is 3. The second kappa shape index (κ2) is 12.3. The predicted molar refractivity (Wildman–Crippen MR) is 194 cm³/mol. The van der Waals surface area contributed by atoms with Crippen molar-refractivity contribution in [2.45, 2.75) is 0 Å². The number of hydrogen-bond donors (Lipinski definition) is 0. The maximum atomic E-state index is 14.4. The highest BCUT2D eigenvalue weighted by Crippen LogP contribution is 2.33. The normalized spacial score (nSPS) is 11.1. The maximum absolute atomic E-state index is 14.4. The molecule has 0 atom stereocenters. The lowest BCUT2D eigenvalue weighted by Gasteiger charge is -2.15. The molecule has 0 amide bonds. The molecule has 0 fully saturated rings. The number of fused-ring (bicyclic) bond motifs is 1. The summed E-state index contributed by atoms with van der Waals surface area (Å²) >= 11 is 0. The van der Waals surface area contributed by atoms with Gasteiger partial charge in [-0.1, -0.05) is 140 Å². The van der Waals surface area contributed by atoms with Gasteiger partial charge in [0.2, 0.25) is 0 Å². The van der Waals surface area contributed by atoms with Gasteiger partial charge in [-0.15, -0.1) is 0 Å². The molecule has 0 unspecified atom stereocenters. The molecule has 228 valence electrons. The minimum Gasteiger partial charge on any atom is -0.251 e. The van der Waals surface area contributed by atoms with Crippen molar-refractivity contribution < 1.29 is 0 Å². The number of aromatic nitrogens is 3. The molecule has 0 bridgehead atoms. The Balaban J connectivity index is 1.36. The Labute approximate surface area is 277 Å². The predicted octanol–water partition coefficient (Wildman–Crippen LogP) is 9.18. The van der Waals surface area contributed by atoms with Crippen molar-refractivity contribution >= 4 is 5.65 Å². The van der Waals surface area contributed by atoms with E-state index in [1.165, 1.54) is 4.40 Å². The second-order valence-electron chi connectivity index (χ2n) is 11.7. The van der Waals surface area contributed by atoms with Crippen LogP contribution in [0.1, 0.15) is 0 Å². The van der Waals surface area contributed by atoms with E-state index in [-0.39, 0.29) is 0 Å². The number of pyridine rings is 1. The van der Waals surface area contributed by atoms with Crippen LogP contribution in [0.5, 0.6) is 0 Å². The van der Waals surface area contributed by atoms with Crippen LogP contribution in [0.2, 0.25) is 0 Å². The summed E-state index contributed by atoms with van der Waals surface area (Å²) < 4.78 is 2.65. The van der Waals surface area contributed by atoms with E-state index >= 15 is 0 Å². The van der Waals surface area contributed by atoms with Gasteiger partial charge in [-0.05, 0) is 80.4 Å². The average Bonchev–Trinajstić information content (AvgIpc) is 3.16. The molecular weight excluding hydrogens is 590 g/mol. The summed E-state index contributed by atoms with van der Waals surface area (Å²) in [5, 5.41) is 0. The van der Waals surface area contributed by atoms with Crippen molar-refractivity contribution in [3.8, 4) is 61.3 Å². The fourth-order valence-electron chi connectivity index (χ4n) is 6.23. The monoisotopic (exact) mass is 619 g/mol. The van der Waals surface area contributed by atoms with Crippen molar-refractivity contribution in [1.29, 1.82) is 0 Å². The summed E-state index contributed by atoms with van der Waals surface area (Å²) in [7, 11) is 0. The molecule has 0 aliphatic rings. The molecule has 0 aliphatic heterocycles. The average molecular weight is 620 g/mol. The minimum absolute atomic E-state index is 0.300. The lowest BCUT2D eigenvalue weighted by molar-refractivity contribution is 0.796. The lowest BCUT2D eigenvalue weighted by Crippen LogP contribution is -2.38. The van der Waals surface area contributed by atoms with E-state index in [9.17, 15) is 9.59 Å². The van der Waals surface area contributed by atoms with Gasteiger partial charge in [0.15, 0.2) is 5.65 Å². The Morgan fingerprint density at radius 1 is 0.396 bits per heavy atom. The minimum atomic E-state index is -0.635. The van der Waals surface area contributed by atoms with Gasteiger partial charge >= 0.3 is 11.4 Å². The largest absolute Gasteiger partial charge is 0.358 e. The van der Waals surface area contributed by atoms with Gasteiger partial charge in [0.1, 0.15) is 0 Å². The zero-order valence-electron chi connectivity index (χ0n) is 25.9. The summed E-state index contributed by atoms with van der Waals surface area (Å²) in [6.07, 6.45) is 1.79. The molecule has 0 saturated heterocycles. The van der Waals surface area contributed by atoms with Gasteiger partial charge in [0, 0.05) is 11.8 Å². The fourth-order valence-corrected chi connectivity index (χ4v) is 6.23. The first-order valence-electron chi connectivity index (χ1n) is 15.8. The number of rotatable bonds is 6. The number of benzene rings is 6. The van der Waals surface area contributed by atoms with Gasteiger partial charge < -0.3 is 0 Å². The third-order valence-electron chi connectivity index (χ3n) is 8.62. The van der Waals surface area contributed by atoms with Gasteiger partial charge in [-0.2, -0.15) is 4.98 Å². The molecule has 8 aromatic rings. The Morgan fingerprint density at radius 3 is 1.40 bits per heavy atom. The third-order valence-corrected chi connectivity index (χ3v) is 8.62. The first kappa shape index (κ1) is 28.9. The SMILES string of the molecule is O=c1nc2c(-c3cccc(-c4ccccc4)c3)cc(-c3cccc(-c4ccccc4)c3)cn2c(=O)n1-c1cccc(-c2ccccc2)c1. The molecule has 6 aromatic carbocycles. The molecule has 0 radical (unpaired) electrons. The molecule has 0 aliphatic carbocycles. The summed E-state index contributed by atoms with van der Waals surface area (Å²) in [5.41, 5.74) is 9.08. The van der Waals surface area contributed by atoms with Gasteiger partial charge in [-0.3, -0.25) is 4.40 Å². The van der Waals surface area contributed by atoms with Crippen LogP contribution >= 0.6 is 0 Å². The van der Waals surface area contributed by atoms with Gasteiger partial charge in [0.25, 0.3) is 0 Å². The van der Waals surface area contributed by atoms with Gasteiger partial charge in [0.05, 0.1) is 5.69 Å². The molecule has 5 nitrogen and oxygen atoms in total. The van der Waals surface area contributed by atoms with E-state index in [2.05, 4.69) is 53.5 Å². The van der Waals surface area contributed by atoms with E-state index in [0.717, 1.165) is 54.6 Å². The summed E-state index contributed by atoms with van der Waals surface area (Å²) in [6.45, 7) is 0. The highest BCUT2D eigenvalue weighted by Gasteiger charge is 2.17. The van der Waals surface area contributed by atoms with E-state index in [4.69, 9.17) is 0 Å². The van der Waals surface area contributed by atoms with E-state index in [1.807, 2.05) is 115 Å². The molecule has 0 saturated carbocycles. The number of hydrogen-bond acceptors (Lipinski definition) is 3. The molecule has 2 heterocycles. The molecule has 5 heteroatoms. The molecule has 2 aromatic heterocycles. The summed E-state index contributed by atoms with van der Waals surface area (Å²) in [4.78, 5) is 32.8. The molecule has 0 N–H and O–H groups in total. The van der Waals surface area contributed by atoms with E-state index < -0.39 is 11.4 Å². The molecule has 0 spiro atoms. The zero-order valence-corrected chi connectivity index (χ0v) is 25.9. The van der Waals surface area contributed by atoms with Crippen molar-refractivity contribution in [2.24, 2.45) is 0 Å². The van der Waals surface area contributed by atoms with Crippen LogP contribution in [0, 0.1) is 0 Å². The highest BCUT2D eigenvalue weighted by atomic mass is 16.2. The second-order valence-corrected chi connectivity index (χ2v) is 11.7. The molecule has 48 heavy (non-hydrogen) atoms. The third kappa shape index (κ3) is 5.44.